The third-order valence-electron chi connectivity index (χ3n) is 3.94. The third-order valence-corrected chi connectivity index (χ3v) is 3.94. The largest absolute Gasteiger partial charge is 0.375 e. The molecule has 1 aromatic rings. The summed E-state index contributed by atoms with van der Waals surface area (Å²) in [5.41, 5.74) is 1.18. The minimum absolute atomic E-state index is 0.00100. The number of benzene rings is 1. The average Bonchev–Trinajstić information content (AvgIpc) is 2.80. The van der Waals surface area contributed by atoms with Gasteiger partial charge >= 0.3 is 0 Å². The minimum Gasteiger partial charge on any atom is -0.375 e. The van der Waals surface area contributed by atoms with Crippen LogP contribution >= 0.6 is 0 Å². The molecule has 1 heterocycles. The zero-order valence-corrected chi connectivity index (χ0v) is 13.2. The Morgan fingerprint density at radius 3 is 2.27 bits per heavy atom. The van der Waals surface area contributed by atoms with Gasteiger partial charge in [0.15, 0.2) is 0 Å². The number of carbonyl (C=O) groups excluding carboxylic acids is 2. The van der Waals surface area contributed by atoms with E-state index in [0.29, 0.717) is 26.1 Å². The van der Waals surface area contributed by atoms with Crippen molar-refractivity contribution in [2.24, 2.45) is 0 Å². The number of nitrogens with zero attached hydrogens (tertiary/aromatic N) is 2. The molecule has 1 aliphatic heterocycles. The van der Waals surface area contributed by atoms with Gasteiger partial charge in [0.2, 0.25) is 11.8 Å². The van der Waals surface area contributed by atoms with Crippen LogP contribution in [0.15, 0.2) is 30.3 Å². The van der Waals surface area contributed by atoms with Gasteiger partial charge in [-0.25, -0.2) is 0 Å². The van der Waals surface area contributed by atoms with E-state index in [-0.39, 0.29) is 18.4 Å². The Balaban J connectivity index is 1.80. The van der Waals surface area contributed by atoms with E-state index in [1.807, 2.05) is 35.2 Å². The normalized spacial score (nSPS) is 15.5. The number of rotatable bonds is 5. The van der Waals surface area contributed by atoms with Crippen molar-refractivity contribution in [3.8, 4) is 0 Å². The molecule has 2 rings (SSSR count). The van der Waals surface area contributed by atoms with E-state index in [2.05, 4.69) is 0 Å². The highest BCUT2D eigenvalue weighted by Crippen LogP contribution is 2.08. The molecular weight excluding hydrogens is 280 g/mol. The van der Waals surface area contributed by atoms with Crippen LogP contribution in [0.3, 0.4) is 0 Å². The van der Waals surface area contributed by atoms with Crippen LogP contribution in [0.25, 0.3) is 0 Å². The number of hydrogen-bond donors (Lipinski definition) is 0. The van der Waals surface area contributed by atoms with Crippen molar-refractivity contribution in [1.29, 1.82) is 0 Å². The first-order valence-corrected chi connectivity index (χ1v) is 7.79. The second kappa shape index (κ2) is 8.54. The summed E-state index contributed by atoms with van der Waals surface area (Å²) in [5.74, 6) is 0.172. The Hall–Kier alpha value is -1.88. The van der Waals surface area contributed by atoms with Crippen LogP contribution in [0.1, 0.15) is 18.4 Å². The second-order valence-electron chi connectivity index (χ2n) is 5.53. The molecule has 0 aromatic heterocycles. The highest BCUT2D eigenvalue weighted by Gasteiger charge is 2.21. The van der Waals surface area contributed by atoms with Crippen LogP contribution in [-0.4, -0.2) is 61.5 Å². The number of hydrogen-bond acceptors (Lipinski definition) is 3. The Morgan fingerprint density at radius 2 is 1.64 bits per heavy atom. The van der Waals surface area contributed by atoms with Gasteiger partial charge in [-0.05, 0) is 18.4 Å². The maximum atomic E-state index is 12.3. The fourth-order valence-corrected chi connectivity index (χ4v) is 2.69. The van der Waals surface area contributed by atoms with Gasteiger partial charge in [0.1, 0.15) is 6.61 Å². The molecule has 0 spiro atoms. The predicted octanol–water partition coefficient (Wildman–Crippen LogP) is 1.33. The van der Waals surface area contributed by atoms with Crippen LogP contribution in [0.5, 0.6) is 0 Å². The monoisotopic (exact) mass is 304 g/mol. The van der Waals surface area contributed by atoms with Crippen molar-refractivity contribution in [3.05, 3.63) is 35.9 Å². The fraction of sp³-hybridized carbons (Fsp3) is 0.529. The van der Waals surface area contributed by atoms with E-state index in [4.69, 9.17) is 4.74 Å². The molecule has 0 radical (unpaired) electrons. The van der Waals surface area contributed by atoms with Crippen molar-refractivity contribution in [2.75, 3.05) is 39.9 Å². The molecule has 0 aliphatic carbocycles. The second-order valence-corrected chi connectivity index (χ2v) is 5.53. The highest BCUT2D eigenvalue weighted by molar-refractivity contribution is 5.78. The maximum Gasteiger partial charge on any atom is 0.248 e. The fourth-order valence-electron chi connectivity index (χ4n) is 2.69. The van der Waals surface area contributed by atoms with Crippen LogP contribution in [-0.2, 0) is 20.7 Å². The Kier molecular flexibility index (Phi) is 6.40. The molecule has 1 aliphatic rings. The summed E-state index contributed by atoms with van der Waals surface area (Å²) in [5, 5.41) is 0. The average molecular weight is 304 g/mol. The van der Waals surface area contributed by atoms with Crippen LogP contribution in [0, 0.1) is 0 Å². The molecule has 0 N–H and O–H groups in total. The van der Waals surface area contributed by atoms with E-state index in [1.54, 1.807) is 4.90 Å². The summed E-state index contributed by atoms with van der Waals surface area (Å²) in [6.45, 7) is 2.75. The topological polar surface area (TPSA) is 49.9 Å². The van der Waals surface area contributed by atoms with Crippen molar-refractivity contribution in [2.45, 2.75) is 19.3 Å². The first kappa shape index (κ1) is 16.5. The van der Waals surface area contributed by atoms with Crippen LogP contribution in [0.4, 0.5) is 0 Å². The molecule has 120 valence electrons. The van der Waals surface area contributed by atoms with Gasteiger partial charge in [0.05, 0.1) is 0 Å². The van der Waals surface area contributed by atoms with Crippen LogP contribution in [0.2, 0.25) is 0 Å². The Labute approximate surface area is 131 Å². The van der Waals surface area contributed by atoms with Gasteiger partial charge < -0.3 is 14.5 Å². The van der Waals surface area contributed by atoms with Gasteiger partial charge in [0.25, 0.3) is 0 Å². The van der Waals surface area contributed by atoms with Crippen molar-refractivity contribution < 1.29 is 14.3 Å². The summed E-state index contributed by atoms with van der Waals surface area (Å²) in [6, 6.07) is 10.0. The Morgan fingerprint density at radius 1 is 1.00 bits per heavy atom. The van der Waals surface area contributed by atoms with Crippen LogP contribution < -0.4 is 0 Å². The number of methoxy groups -OCH3 is 1. The molecule has 0 atom stereocenters. The lowest BCUT2D eigenvalue weighted by atomic mass is 10.1. The van der Waals surface area contributed by atoms with Crippen molar-refractivity contribution >= 4 is 11.8 Å². The zero-order valence-electron chi connectivity index (χ0n) is 13.2. The molecule has 1 fully saturated rings. The number of amides is 2. The molecule has 5 heteroatoms. The van der Waals surface area contributed by atoms with E-state index in [0.717, 1.165) is 19.4 Å². The van der Waals surface area contributed by atoms with Gasteiger partial charge in [-0.3, -0.25) is 9.59 Å². The summed E-state index contributed by atoms with van der Waals surface area (Å²) >= 11 is 0. The maximum absolute atomic E-state index is 12.3. The summed E-state index contributed by atoms with van der Waals surface area (Å²) in [7, 11) is 1.52. The van der Waals surface area contributed by atoms with Gasteiger partial charge in [-0.2, -0.15) is 0 Å². The van der Waals surface area contributed by atoms with Gasteiger partial charge in [-0.15, -0.1) is 0 Å². The molecule has 0 saturated carbocycles. The zero-order chi connectivity index (χ0) is 15.8. The van der Waals surface area contributed by atoms with E-state index in [1.165, 1.54) is 12.7 Å². The van der Waals surface area contributed by atoms with Gasteiger partial charge in [0, 0.05) is 39.7 Å². The van der Waals surface area contributed by atoms with Gasteiger partial charge in [-0.1, -0.05) is 30.3 Å². The Bertz CT molecular complexity index is 490. The lowest BCUT2D eigenvalue weighted by Crippen LogP contribution is -2.38. The smallest absolute Gasteiger partial charge is 0.248 e. The number of carbonyl (C=O) groups is 2. The minimum atomic E-state index is 0.00100. The third kappa shape index (κ3) is 4.84. The summed E-state index contributed by atoms with van der Waals surface area (Å²) in [6.07, 6.45) is 2.12. The number of aryl methyl sites for hydroxylation is 1. The molecule has 1 saturated heterocycles. The molecule has 1 aromatic carbocycles. The first-order valence-electron chi connectivity index (χ1n) is 7.79. The molecule has 0 unspecified atom stereocenters. The van der Waals surface area contributed by atoms with Crippen molar-refractivity contribution in [1.82, 2.24) is 9.80 Å². The molecule has 5 nitrogen and oxygen atoms in total. The summed E-state index contributed by atoms with van der Waals surface area (Å²) < 4.78 is 4.89. The van der Waals surface area contributed by atoms with E-state index >= 15 is 0 Å². The standard InChI is InChI=1S/C17H24N2O3/c1-22-14-17(21)19-11-5-10-18(12-13-19)16(20)9-8-15-6-3-2-4-7-15/h2-4,6-7H,5,8-14H2,1H3. The van der Waals surface area contributed by atoms with E-state index < -0.39 is 0 Å². The predicted molar refractivity (Wildman–Crippen MR) is 84.4 cm³/mol. The lowest BCUT2D eigenvalue weighted by Gasteiger charge is -2.22. The molecular formula is C17H24N2O3. The summed E-state index contributed by atoms with van der Waals surface area (Å²) in [4.78, 5) is 27.8. The highest BCUT2D eigenvalue weighted by atomic mass is 16.5. The van der Waals surface area contributed by atoms with Crippen molar-refractivity contribution in [3.63, 3.8) is 0 Å². The quantitative estimate of drug-likeness (QED) is 0.824. The lowest BCUT2D eigenvalue weighted by molar-refractivity contribution is -0.136. The first-order chi connectivity index (χ1) is 10.7. The molecule has 22 heavy (non-hydrogen) atoms. The number of ether oxygens (including phenoxy) is 1. The molecule has 0 bridgehead atoms. The SMILES string of the molecule is COCC(=O)N1CCCN(C(=O)CCc2ccccc2)CC1. The van der Waals surface area contributed by atoms with E-state index in [9.17, 15) is 9.59 Å². The molecule has 2 amide bonds.